The first-order chi connectivity index (χ1) is 12.3. The predicted octanol–water partition coefficient (Wildman–Crippen LogP) is 2.41. The highest BCUT2D eigenvalue weighted by molar-refractivity contribution is 5.87. The summed E-state index contributed by atoms with van der Waals surface area (Å²) in [6.45, 7) is 0.916. The van der Waals surface area contributed by atoms with Crippen molar-refractivity contribution >= 4 is 11.9 Å². The average molecular weight is 368 g/mol. The summed E-state index contributed by atoms with van der Waals surface area (Å²) >= 11 is 0. The van der Waals surface area contributed by atoms with Gasteiger partial charge in [-0.05, 0) is 49.9 Å². The van der Waals surface area contributed by atoms with Gasteiger partial charge in [-0.2, -0.15) is 5.26 Å². The molecular weight excluding hydrogens is 342 g/mol. The van der Waals surface area contributed by atoms with Crippen LogP contribution in [0.2, 0.25) is 0 Å². The van der Waals surface area contributed by atoms with E-state index in [1.165, 1.54) is 12.8 Å². The first kappa shape index (κ1) is 18.9. The van der Waals surface area contributed by atoms with E-state index in [1.54, 1.807) is 11.0 Å². The summed E-state index contributed by atoms with van der Waals surface area (Å²) in [6.07, 6.45) is 4.88. The quantitative estimate of drug-likeness (QED) is 0.677. The second-order valence-corrected chi connectivity index (χ2v) is 8.07. The van der Waals surface area contributed by atoms with Gasteiger partial charge in [-0.25, -0.2) is 13.6 Å². The van der Waals surface area contributed by atoms with Gasteiger partial charge >= 0.3 is 6.03 Å². The van der Waals surface area contributed by atoms with E-state index in [2.05, 4.69) is 10.6 Å². The smallest absolute Gasteiger partial charge is 0.318 e. The van der Waals surface area contributed by atoms with Crippen LogP contribution in [0.4, 0.5) is 13.6 Å². The van der Waals surface area contributed by atoms with E-state index < -0.39 is 30.3 Å². The molecule has 0 aromatic rings. The third-order valence-electron chi connectivity index (χ3n) is 5.81. The van der Waals surface area contributed by atoms with Gasteiger partial charge in [0, 0.05) is 25.9 Å². The van der Waals surface area contributed by atoms with Crippen LogP contribution in [-0.2, 0) is 4.79 Å². The molecule has 0 aromatic heterocycles. The Bertz CT molecular complexity index is 586. The fraction of sp³-hybridized carbons (Fsp3) is 0.833. The van der Waals surface area contributed by atoms with Crippen molar-refractivity contribution in [3.8, 4) is 6.07 Å². The zero-order valence-electron chi connectivity index (χ0n) is 14.9. The largest absolute Gasteiger partial charge is 0.341 e. The number of halogens is 2. The summed E-state index contributed by atoms with van der Waals surface area (Å²) in [5.74, 6) is -3.73. The number of hydrogen-bond donors (Lipinski definition) is 2. The summed E-state index contributed by atoms with van der Waals surface area (Å²) in [4.78, 5) is 26.3. The number of nitriles is 1. The maximum absolute atomic E-state index is 14.2. The lowest BCUT2D eigenvalue weighted by Gasteiger charge is -2.33. The van der Waals surface area contributed by atoms with Crippen molar-refractivity contribution in [1.82, 2.24) is 15.5 Å². The molecule has 144 valence electrons. The molecule has 2 N–H and O–H groups in total. The van der Waals surface area contributed by atoms with Crippen molar-refractivity contribution in [3.63, 3.8) is 0 Å². The average Bonchev–Trinajstić information content (AvgIpc) is 3.51. The third kappa shape index (κ3) is 5.05. The number of nitrogens with one attached hydrogen (secondary N) is 2. The SMILES string of the molecule is N#CCNC(=O)[C@H](CC(F)(F)CC1CC1)NC(=O)N1CCC2(CC1)CC2. The van der Waals surface area contributed by atoms with Crippen molar-refractivity contribution < 1.29 is 18.4 Å². The molecule has 2 saturated carbocycles. The van der Waals surface area contributed by atoms with Crippen LogP contribution < -0.4 is 10.6 Å². The van der Waals surface area contributed by atoms with Crippen LogP contribution in [-0.4, -0.2) is 48.4 Å². The van der Waals surface area contributed by atoms with Crippen LogP contribution in [0.3, 0.4) is 0 Å². The fourth-order valence-corrected chi connectivity index (χ4v) is 3.69. The van der Waals surface area contributed by atoms with Crippen LogP contribution in [0.15, 0.2) is 0 Å². The molecule has 1 spiro atoms. The van der Waals surface area contributed by atoms with E-state index in [9.17, 15) is 18.4 Å². The van der Waals surface area contributed by atoms with Gasteiger partial charge in [0.2, 0.25) is 5.91 Å². The molecule has 3 aliphatic rings. The molecule has 26 heavy (non-hydrogen) atoms. The molecular formula is C18H26F2N4O2. The zero-order chi connectivity index (χ0) is 18.8. The maximum Gasteiger partial charge on any atom is 0.318 e. The number of amides is 3. The van der Waals surface area contributed by atoms with Gasteiger partial charge in [0.15, 0.2) is 0 Å². The van der Waals surface area contributed by atoms with Gasteiger partial charge in [0.05, 0.1) is 6.07 Å². The van der Waals surface area contributed by atoms with E-state index in [0.29, 0.717) is 18.5 Å². The van der Waals surface area contributed by atoms with Gasteiger partial charge in [-0.1, -0.05) is 0 Å². The Hall–Kier alpha value is -1.91. The number of nitrogens with zero attached hydrogens (tertiary/aromatic N) is 2. The molecule has 1 atom stereocenters. The molecule has 3 amide bonds. The summed E-state index contributed by atoms with van der Waals surface area (Å²) in [5.41, 5.74) is 0.400. The highest BCUT2D eigenvalue weighted by Gasteiger charge is 2.46. The second-order valence-electron chi connectivity index (χ2n) is 8.07. The fourth-order valence-electron chi connectivity index (χ4n) is 3.69. The first-order valence-corrected chi connectivity index (χ1v) is 9.40. The molecule has 1 saturated heterocycles. The monoisotopic (exact) mass is 368 g/mol. The van der Waals surface area contributed by atoms with Gasteiger partial charge in [-0.3, -0.25) is 4.79 Å². The van der Waals surface area contributed by atoms with E-state index in [1.807, 2.05) is 0 Å². The van der Waals surface area contributed by atoms with Crippen molar-refractivity contribution in [3.05, 3.63) is 0 Å². The molecule has 3 fully saturated rings. The number of likely N-dealkylation sites (tertiary alicyclic amines) is 1. The van der Waals surface area contributed by atoms with Gasteiger partial charge in [0.25, 0.3) is 5.92 Å². The van der Waals surface area contributed by atoms with E-state index in [4.69, 9.17) is 5.26 Å². The van der Waals surface area contributed by atoms with Crippen LogP contribution in [0.5, 0.6) is 0 Å². The minimum absolute atomic E-state index is 0.0142. The van der Waals surface area contributed by atoms with Crippen LogP contribution in [0.25, 0.3) is 0 Å². The minimum atomic E-state index is -3.01. The lowest BCUT2D eigenvalue weighted by molar-refractivity contribution is -0.125. The van der Waals surface area contributed by atoms with E-state index in [-0.39, 0.29) is 18.9 Å². The summed E-state index contributed by atoms with van der Waals surface area (Å²) in [7, 11) is 0. The highest BCUT2D eigenvalue weighted by Crippen LogP contribution is 2.53. The van der Waals surface area contributed by atoms with Crippen molar-refractivity contribution in [2.45, 2.75) is 63.3 Å². The van der Waals surface area contributed by atoms with Crippen molar-refractivity contribution in [1.29, 1.82) is 5.26 Å². The maximum atomic E-state index is 14.2. The van der Waals surface area contributed by atoms with Gasteiger partial charge in [0.1, 0.15) is 12.6 Å². The molecule has 1 aliphatic heterocycles. The zero-order valence-corrected chi connectivity index (χ0v) is 14.9. The highest BCUT2D eigenvalue weighted by atomic mass is 19.3. The molecule has 0 bridgehead atoms. The summed E-state index contributed by atoms with van der Waals surface area (Å²) in [6, 6.07) is -0.0558. The van der Waals surface area contributed by atoms with Crippen LogP contribution in [0.1, 0.15) is 51.4 Å². The number of carbonyl (C=O) groups is 2. The predicted molar refractivity (Wildman–Crippen MR) is 90.3 cm³/mol. The van der Waals surface area contributed by atoms with Crippen LogP contribution >= 0.6 is 0 Å². The number of carbonyl (C=O) groups excluding carboxylic acids is 2. The van der Waals surface area contributed by atoms with Gasteiger partial charge in [-0.15, -0.1) is 0 Å². The van der Waals surface area contributed by atoms with E-state index >= 15 is 0 Å². The molecule has 0 radical (unpaired) electrons. The minimum Gasteiger partial charge on any atom is -0.341 e. The Morgan fingerprint density at radius 3 is 2.42 bits per heavy atom. The van der Waals surface area contributed by atoms with Gasteiger partial charge < -0.3 is 15.5 Å². The Morgan fingerprint density at radius 1 is 1.23 bits per heavy atom. The Kier molecular flexibility index (Phi) is 5.35. The normalized spacial score (nSPS) is 22.4. The number of rotatable bonds is 7. The Morgan fingerprint density at radius 2 is 1.88 bits per heavy atom. The molecule has 3 rings (SSSR count). The third-order valence-corrected chi connectivity index (χ3v) is 5.81. The first-order valence-electron chi connectivity index (χ1n) is 9.40. The number of hydrogen-bond acceptors (Lipinski definition) is 3. The lowest BCUT2D eigenvalue weighted by Crippen LogP contribution is -2.54. The molecule has 2 aliphatic carbocycles. The number of urea groups is 1. The molecule has 8 heteroatoms. The van der Waals surface area contributed by atoms with Crippen molar-refractivity contribution in [2.24, 2.45) is 11.3 Å². The standard InChI is InChI=1S/C18H26F2N4O2/c19-18(20,11-13-1-2-13)12-14(15(25)22-8-7-21)23-16(26)24-9-5-17(3-4-17)6-10-24/h13-14H,1-6,8-12H2,(H,22,25)(H,23,26)/t14-/m0/s1. The Labute approximate surface area is 152 Å². The topological polar surface area (TPSA) is 85.2 Å². The molecule has 1 heterocycles. The van der Waals surface area contributed by atoms with Crippen molar-refractivity contribution in [2.75, 3.05) is 19.6 Å². The Balaban J connectivity index is 1.57. The molecule has 6 nitrogen and oxygen atoms in total. The van der Waals surface area contributed by atoms with E-state index in [0.717, 1.165) is 25.7 Å². The summed E-state index contributed by atoms with van der Waals surface area (Å²) in [5, 5.41) is 13.4. The summed E-state index contributed by atoms with van der Waals surface area (Å²) < 4.78 is 28.5. The molecule has 0 aromatic carbocycles. The second kappa shape index (κ2) is 7.37. The number of piperidine rings is 1. The number of alkyl halides is 2. The van der Waals surface area contributed by atoms with Crippen LogP contribution in [0, 0.1) is 22.7 Å². The molecule has 0 unspecified atom stereocenters. The lowest BCUT2D eigenvalue weighted by atomic mass is 9.94.